The predicted molar refractivity (Wildman–Crippen MR) is 79.1 cm³/mol. The second kappa shape index (κ2) is 7.06. The largest absolute Gasteiger partial charge is 0.492 e. The predicted octanol–water partition coefficient (Wildman–Crippen LogP) is 1.40. The van der Waals surface area contributed by atoms with E-state index in [-0.39, 0.29) is 22.6 Å². The van der Waals surface area contributed by atoms with Crippen LogP contribution in [0.4, 0.5) is 0 Å². The molecule has 0 amide bonds. The van der Waals surface area contributed by atoms with E-state index in [4.69, 9.17) is 9.84 Å². The van der Waals surface area contributed by atoms with Gasteiger partial charge in [0.15, 0.2) is 0 Å². The highest BCUT2D eigenvalue weighted by Crippen LogP contribution is 2.27. The minimum atomic E-state index is -3.74. The summed E-state index contributed by atoms with van der Waals surface area (Å²) in [5, 5.41) is 8.97. The van der Waals surface area contributed by atoms with Crippen molar-refractivity contribution in [2.75, 3.05) is 6.61 Å². The smallest absolute Gasteiger partial charge is 0.306 e. The van der Waals surface area contributed by atoms with Crippen molar-refractivity contribution in [1.82, 2.24) is 9.71 Å². The fourth-order valence-electron chi connectivity index (χ4n) is 2.58. The number of nitrogens with one attached hydrogen (secondary N) is 1. The second-order valence-electron chi connectivity index (χ2n) is 5.26. The van der Waals surface area contributed by atoms with Crippen molar-refractivity contribution in [2.24, 2.45) is 5.92 Å². The molecule has 0 aliphatic heterocycles. The molecule has 1 saturated carbocycles. The molecule has 1 heterocycles. The molecule has 2 rings (SSSR count). The summed E-state index contributed by atoms with van der Waals surface area (Å²) >= 11 is 0. The zero-order valence-corrected chi connectivity index (χ0v) is 13.2. The molecular formula is C14H20N2O5S. The molecule has 1 aliphatic carbocycles. The van der Waals surface area contributed by atoms with E-state index in [2.05, 4.69) is 9.71 Å². The summed E-state index contributed by atoms with van der Waals surface area (Å²) in [5.74, 6) is -0.922. The molecule has 0 atom stereocenters. The lowest BCUT2D eigenvalue weighted by Gasteiger charge is -2.26. The van der Waals surface area contributed by atoms with Crippen LogP contribution >= 0.6 is 0 Å². The number of nitrogens with zero attached hydrogens (tertiary/aromatic N) is 1. The third-order valence-corrected chi connectivity index (χ3v) is 5.26. The number of hydrogen-bond donors (Lipinski definition) is 2. The standard InChI is InChI=1S/C14H20N2O5S/c1-2-21-12-7-8-15-9-13(12)22(19,20)16-11-5-3-10(4-6-11)14(17)18/h7-11,16H,2-6H2,1H3,(H,17,18). The van der Waals surface area contributed by atoms with Crippen LogP contribution < -0.4 is 9.46 Å². The van der Waals surface area contributed by atoms with E-state index in [1.54, 1.807) is 6.92 Å². The van der Waals surface area contributed by atoms with E-state index >= 15 is 0 Å². The van der Waals surface area contributed by atoms with Crippen molar-refractivity contribution in [3.63, 3.8) is 0 Å². The number of ether oxygens (including phenoxy) is 1. The van der Waals surface area contributed by atoms with Crippen molar-refractivity contribution in [3.05, 3.63) is 18.5 Å². The van der Waals surface area contributed by atoms with Crippen molar-refractivity contribution in [2.45, 2.75) is 43.5 Å². The van der Waals surface area contributed by atoms with E-state index in [0.717, 1.165) is 0 Å². The number of carboxylic acids is 1. The number of carbonyl (C=O) groups is 1. The first-order valence-electron chi connectivity index (χ1n) is 7.26. The van der Waals surface area contributed by atoms with Crippen LogP contribution in [0.1, 0.15) is 32.6 Å². The maximum Gasteiger partial charge on any atom is 0.306 e. The van der Waals surface area contributed by atoms with E-state index in [9.17, 15) is 13.2 Å². The van der Waals surface area contributed by atoms with Crippen molar-refractivity contribution in [3.8, 4) is 5.75 Å². The van der Waals surface area contributed by atoms with Gasteiger partial charge in [0, 0.05) is 12.2 Å². The monoisotopic (exact) mass is 328 g/mol. The second-order valence-corrected chi connectivity index (χ2v) is 6.95. The van der Waals surface area contributed by atoms with Gasteiger partial charge in [0.25, 0.3) is 0 Å². The molecule has 0 aromatic carbocycles. The number of sulfonamides is 1. The maximum atomic E-state index is 12.5. The summed E-state index contributed by atoms with van der Waals surface area (Å²) in [4.78, 5) is 14.8. The van der Waals surface area contributed by atoms with Gasteiger partial charge in [-0.25, -0.2) is 13.1 Å². The van der Waals surface area contributed by atoms with Gasteiger partial charge in [-0.05, 0) is 38.7 Å². The molecule has 0 unspecified atom stereocenters. The molecule has 0 bridgehead atoms. The van der Waals surface area contributed by atoms with Crippen molar-refractivity contribution < 1.29 is 23.1 Å². The number of hydrogen-bond acceptors (Lipinski definition) is 5. The van der Waals surface area contributed by atoms with Crippen LogP contribution in [0.2, 0.25) is 0 Å². The number of carboxylic acid groups (broad SMARTS) is 1. The van der Waals surface area contributed by atoms with Gasteiger partial charge < -0.3 is 9.84 Å². The van der Waals surface area contributed by atoms with Crippen molar-refractivity contribution >= 4 is 16.0 Å². The van der Waals surface area contributed by atoms with Crippen LogP contribution in [0.3, 0.4) is 0 Å². The Morgan fingerprint density at radius 1 is 1.41 bits per heavy atom. The maximum absolute atomic E-state index is 12.5. The minimum Gasteiger partial charge on any atom is -0.492 e. The fraction of sp³-hybridized carbons (Fsp3) is 0.571. The summed E-state index contributed by atoms with van der Waals surface area (Å²) in [5.41, 5.74) is 0. The first-order valence-corrected chi connectivity index (χ1v) is 8.74. The van der Waals surface area contributed by atoms with E-state index in [1.165, 1.54) is 18.5 Å². The summed E-state index contributed by atoms with van der Waals surface area (Å²) < 4.78 is 32.9. The first-order chi connectivity index (χ1) is 10.4. The van der Waals surface area contributed by atoms with Gasteiger partial charge in [-0.3, -0.25) is 9.78 Å². The van der Waals surface area contributed by atoms with Crippen LogP contribution in [0, 0.1) is 5.92 Å². The Labute approximate surface area is 129 Å². The highest BCUT2D eigenvalue weighted by atomic mass is 32.2. The molecule has 122 valence electrons. The van der Waals surface area contributed by atoms with Crippen LogP contribution in [0.5, 0.6) is 5.75 Å². The third-order valence-electron chi connectivity index (χ3n) is 3.73. The minimum absolute atomic E-state index is 0.0113. The lowest BCUT2D eigenvalue weighted by molar-refractivity contribution is -0.142. The van der Waals surface area contributed by atoms with Crippen LogP contribution in [0.15, 0.2) is 23.4 Å². The molecule has 0 saturated heterocycles. The van der Waals surface area contributed by atoms with Gasteiger partial charge in [-0.1, -0.05) is 0 Å². The van der Waals surface area contributed by atoms with Gasteiger partial charge in [0.05, 0.1) is 18.7 Å². The third kappa shape index (κ3) is 3.95. The van der Waals surface area contributed by atoms with Gasteiger partial charge >= 0.3 is 5.97 Å². The molecule has 1 fully saturated rings. The van der Waals surface area contributed by atoms with Crippen LogP contribution in [-0.4, -0.2) is 37.1 Å². The summed E-state index contributed by atoms with van der Waals surface area (Å²) in [7, 11) is -3.74. The van der Waals surface area contributed by atoms with Gasteiger partial charge in [0.1, 0.15) is 10.6 Å². The zero-order valence-electron chi connectivity index (χ0n) is 12.4. The quantitative estimate of drug-likeness (QED) is 0.818. The van der Waals surface area contributed by atoms with Gasteiger partial charge in [0.2, 0.25) is 10.0 Å². The molecule has 1 aliphatic rings. The molecule has 8 heteroatoms. The summed E-state index contributed by atoms with van der Waals surface area (Å²) in [6.45, 7) is 2.13. The molecule has 0 radical (unpaired) electrons. The number of rotatable bonds is 6. The van der Waals surface area contributed by atoms with E-state index < -0.39 is 16.0 Å². The molecule has 1 aromatic heterocycles. The number of aromatic nitrogens is 1. The molecule has 1 aromatic rings. The lowest BCUT2D eigenvalue weighted by atomic mass is 9.87. The normalized spacial score (nSPS) is 22.2. The number of pyridine rings is 1. The lowest BCUT2D eigenvalue weighted by Crippen LogP contribution is -2.38. The van der Waals surface area contributed by atoms with Crippen LogP contribution in [0.25, 0.3) is 0 Å². The Kier molecular flexibility index (Phi) is 5.36. The Balaban J connectivity index is 2.08. The van der Waals surface area contributed by atoms with Crippen LogP contribution in [-0.2, 0) is 14.8 Å². The highest BCUT2D eigenvalue weighted by Gasteiger charge is 2.30. The Morgan fingerprint density at radius 2 is 2.09 bits per heavy atom. The van der Waals surface area contributed by atoms with Crippen molar-refractivity contribution in [1.29, 1.82) is 0 Å². The molecule has 7 nitrogen and oxygen atoms in total. The Bertz CT molecular complexity index is 624. The average Bonchev–Trinajstić information content (AvgIpc) is 2.48. The zero-order chi connectivity index (χ0) is 16.2. The van der Waals surface area contributed by atoms with E-state index in [0.29, 0.717) is 32.3 Å². The molecular weight excluding hydrogens is 308 g/mol. The number of aliphatic carboxylic acids is 1. The molecule has 0 spiro atoms. The highest BCUT2D eigenvalue weighted by molar-refractivity contribution is 7.89. The topological polar surface area (TPSA) is 106 Å². The fourth-order valence-corrected chi connectivity index (χ4v) is 3.98. The average molecular weight is 328 g/mol. The van der Waals surface area contributed by atoms with Gasteiger partial charge in [-0.15, -0.1) is 0 Å². The molecule has 2 N–H and O–H groups in total. The van der Waals surface area contributed by atoms with E-state index in [1.807, 2.05) is 0 Å². The van der Waals surface area contributed by atoms with Gasteiger partial charge in [-0.2, -0.15) is 0 Å². The Hall–Kier alpha value is -1.67. The Morgan fingerprint density at radius 3 is 2.68 bits per heavy atom. The first kappa shape index (κ1) is 16.7. The summed E-state index contributed by atoms with van der Waals surface area (Å²) in [6, 6.07) is 1.26. The molecule has 22 heavy (non-hydrogen) atoms. The summed E-state index contributed by atoms with van der Waals surface area (Å²) in [6.07, 6.45) is 4.72. The SMILES string of the molecule is CCOc1ccncc1S(=O)(=O)NC1CCC(C(=O)O)CC1.